The molecule has 0 aliphatic carbocycles. The van der Waals surface area contributed by atoms with Crippen LogP contribution >= 0.6 is 11.6 Å². The molecule has 2 N–H and O–H groups in total. The highest BCUT2D eigenvalue weighted by Crippen LogP contribution is 2.28. The Kier molecular flexibility index (Phi) is 6.73. The van der Waals surface area contributed by atoms with Gasteiger partial charge in [-0.05, 0) is 69.6 Å². The van der Waals surface area contributed by atoms with Crippen LogP contribution in [0.4, 0.5) is 5.82 Å². The van der Waals surface area contributed by atoms with Crippen LogP contribution in [0.25, 0.3) is 11.0 Å². The normalized spacial score (nSPS) is 14.5. The molecule has 0 bridgehead atoms. The van der Waals surface area contributed by atoms with Gasteiger partial charge >= 0.3 is 0 Å². The molecule has 5 rings (SSSR count). The van der Waals surface area contributed by atoms with Gasteiger partial charge in [0.15, 0.2) is 11.4 Å². The summed E-state index contributed by atoms with van der Waals surface area (Å²) < 4.78 is 1.95. The molecule has 0 atom stereocenters. The number of anilines is 1. The number of nitrogen functional groups attached to an aromatic ring is 1. The fourth-order valence-electron chi connectivity index (χ4n) is 4.59. The van der Waals surface area contributed by atoms with Crippen LogP contribution in [0.1, 0.15) is 51.6 Å². The molecular formula is C28H27ClN6O. The fraction of sp³-hybridized carbons (Fsp3) is 0.286. The lowest BCUT2D eigenvalue weighted by Crippen LogP contribution is -2.32. The summed E-state index contributed by atoms with van der Waals surface area (Å²) in [6.07, 6.45) is 3.69. The van der Waals surface area contributed by atoms with Crippen molar-refractivity contribution in [1.82, 2.24) is 24.6 Å². The van der Waals surface area contributed by atoms with E-state index >= 15 is 0 Å². The minimum Gasteiger partial charge on any atom is -0.383 e. The zero-order valence-electron chi connectivity index (χ0n) is 20.3. The van der Waals surface area contributed by atoms with Crippen molar-refractivity contribution in [3.63, 3.8) is 0 Å². The number of carbonyl (C=O) groups is 1. The van der Waals surface area contributed by atoms with Gasteiger partial charge in [-0.1, -0.05) is 47.4 Å². The number of aromatic nitrogens is 4. The molecule has 182 valence electrons. The van der Waals surface area contributed by atoms with Crippen molar-refractivity contribution >= 4 is 34.2 Å². The second-order valence-electron chi connectivity index (χ2n) is 9.32. The average molecular weight is 499 g/mol. The Bertz CT molecular complexity index is 1510. The smallest absolute Gasteiger partial charge is 0.167 e. The van der Waals surface area contributed by atoms with Crippen LogP contribution in [0, 0.1) is 18.8 Å². The number of likely N-dealkylation sites (tertiary alicyclic amines) is 1. The van der Waals surface area contributed by atoms with Crippen molar-refractivity contribution in [2.24, 2.45) is 0 Å². The van der Waals surface area contributed by atoms with Gasteiger partial charge in [0.2, 0.25) is 0 Å². The van der Waals surface area contributed by atoms with E-state index in [0.717, 1.165) is 37.1 Å². The number of halogens is 1. The predicted octanol–water partition coefficient (Wildman–Crippen LogP) is 4.46. The van der Waals surface area contributed by atoms with Gasteiger partial charge in [0, 0.05) is 17.5 Å². The minimum absolute atomic E-state index is 0.0488. The molecule has 1 aliphatic rings. The van der Waals surface area contributed by atoms with E-state index in [0.29, 0.717) is 38.7 Å². The van der Waals surface area contributed by atoms with Gasteiger partial charge in [-0.3, -0.25) is 4.79 Å². The number of Topliss-reactive ketones (excluding diaryl/α,β-unsaturated/α-hetero) is 1. The van der Waals surface area contributed by atoms with E-state index < -0.39 is 0 Å². The van der Waals surface area contributed by atoms with Crippen LogP contribution in [0.2, 0.25) is 5.02 Å². The number of ketones is 1. The number of hydrogen-bond acceptors (Lipinski definition) is 6. The van der Waals surface area contributed by atoms with Gasteiger partial charge in [0.05, 0.1) is 16.5 Å². The van der Waals surface area contributed by atoms with E-state index in [2.05, 4.69) is 33.8 Å². The summed E-state index contributed by atoms with van der Waals surface area (Å²) in [6.45, 7) is 3.97. The maximum atomic E-state index is 12.8. The van der Waals surface area contributed by atoms with Gasteiger partial charge in [-0.15, -0.1) is 0 Å². The van der Waals surface area contributed by atoms with Crippen molar-refractivity contribution < 1.29 is 4.79 Å². The second-order valence-corrected chi connectivity index (χ2v) is 9.73. The van der Waals surface area contributed by atoms with Crippen molar-refractivity contribution in [3.8, 4) is 11.8 Å². The standard InChI is InChI=1S/C28H27ClN6O/c1-18-4-3-5-21(14-18)25(36)16-19-6-8-23(29)20(15-19)7-9-24-26-27(30)31-17-32-28(26)35(33-24)22-10-12-34(2)13-11-22/h3-6,8,14-15,17,22H,10-13,16H2,1-2H3,(H2,30,31,32). The molecule has 0 spiro atoms. The third-order valence-corrected chi connectivity index (χ3v) is 6.93. The first-order chi connectivity index (χ1) is 17.4. The lowest BCUT2D eigenvalue weighted by molar-refractivity contribution is 0.0993. The highest BCUT2D eigenvalue weighted by atomic mass is 35.5. The number of nitrogens with zero attached hydrogens (tertiary/aromatic N) is 5. The molecule has 3 heterocycles. The summed E-state index contributed by atoms with van der Waals surface area (Å²) in [5, 5.41) is 5.98. The molecule has 36 heavy (non-hydrogen) atoms. The van der Waals surface area contributed by atoms with Crippen molar-refractivity contribution in [1.29, 1.82) is 0 Å². The van der Waals surface area contributed by atoms with Gasteiger partial charge in [0.1, 0.15) is 17.8 Å². The Labute approximate surface area is 215 Å². The molecule has 0 saturated carbocycles. The number of aryl methyl sites for hydroxylation is 1. The summed E-state index contributed by atoms with van der Waals surface area (Å²) >= 11 is 6.46. The van der Waals surface area contributed by atoms with Gasteiger partial charge in [-0.25, -0.2) is 14.6 Å². The Balaban J connectivity index is 1.46. The molecule has 0 unspecified atom stereocenters. The Morgan fingerprint density at radius 2 is 1.94 bits per heavy atom. The van der Waals surface area contributed by atoms with Crippen LogP contribution in [0.15, 0.2) is 48.8 Å². The van der Waals surface area contributed by atoms with E-state index in [1.807, 2.05) is 48.0 Å². The van der Waals surface area contributed by atoms with Crippen LogP contribution in [0.3, 0.4) is 0 Å². The molecule has 0 amide bonds. The zero-order chi connectivity index (χ0) is 25.2. The predicted molar refractivity (Wildman–Crippen MR) is 142 cm³/mol. The lowest BCUT2D eigenvalue weighted by Gasteiger charge is -2.29. The van der Waals surface area contributed by atoms with Gasteiger partial charge < -0.3 is 10.6 Å². The molecule has 0 radical (unpaired) electrons. The monoisotopic (exact) mass is 498 g/mol. The molecule has 1 saturated heterocycles. The Morgan fingerprint density at radius 1 is 1.14 bits per heavy atom. The lowest BCUT2D eigenvalue weighted by atomic mass is 10.0. The van der Waals surface area contributed by atoms with E-state index in [-0.39, 0.29) is 18.2 Å². The highest BCUT2D eigenvalue weighted by molar-refractivity contribution is 6.31. The summed E-state index contributed by atoms with van der Waals surface area (Å²) in [7, 11) is 2.13. The number of carbonyl (C=O) groups excluding carboxylic acids is 1. The fourth-order valence-corrected chi connectivity index (χ4v) is 4.75. The first-order valence-electron chi connectivity index (χ1n) is 12.0. The van der Waals surface area contributed by atoms with Crippen LogP contribution < -0.4 is 5.73 Å². The molecule has 8 heteroatoms. The van der Waals surface area contributed by atoms with Crippen molar-refractivity contribution in [3.05, 3.63) is 81.8 Å². The zero-order valence-corrected chi connectivity index (χ0v) is 21.1. The first-order valence-corrected chi connectivity index (χ1v) is 12.3. The van der Waals surface area contributed by atoms with E-state index in [1.54, 1.807) is 6.07 Å². The third-order valence-electron chi connectivity index (χ3n) is 6.60. The summed E-state index contributed by atoms with van der Waals surface area (Å²) in [6, 6.07) is 13.3. The topological polar surface area (TPSA) is 89.9 Å². The average Bonchev–Trinajstić information content (AvgIpc) is 3.24. The molecule has 7 nitrogen and oxygen atoms in total. The Hall–Kier alpha value is -3.73. The summed E-state index contributed by atoms with van der Waals surface area (Å²) in [4.78, 5) is 23.7. The molecular weight excluding hydrogens is 472 g/mol. The number of fused-ring (bicyclic) bond motifs is 1. The number of rotatable bonds is 4. The van der Waals surface area contributed by atoms with Crippen molar-refractivity contribution in [2.75, 3.05) is 25.9 Å². The molecule has 1 fully saturated rings. The molecule has 2 aromatic carbocycles. The van der Waals surface area contributed by atoms with Crippen LogP contribution in [0.5, 0.6) is 0 Å². The van der Waals surface area contributed by atoms with E-state index in [1.165, 1.54) is 6.33 Å². The minimum atomic E-state index is 0.0488. The van der Waals surface area contributed by atoms with E-state index in [9.17, 15) is 4.79 Å². The first kappa shape index (κ1) is 24.0. The van der Waals surface area contributed by atoms with Gasteiger partial charge in [-0.2, -0.15) is 5.10 Å². The number of nitrogens with two attached hydrogens (primary N) is 1. The van der Waals surface area contributed by atoms with E-state index in [4.69, 9.17) is 22.4 Å². The molecule has 4 aromatic rings. The Morgan fingerprint density at radius 3 is 2.72 bits per heavy atom. The van der Waals surface area contributed by atoms with Crippen LogP contribution in [-0.4, -0.2) is 50.6 Å². The maximum absolute atomic E-state index is 12.8. The van der Waals surface area contributed by atoms with Crippen molar-refractivity contribution in [2.45, 2.75) is 32.2 Å². The number of benzene rings is 2. The SMILES string of the molecule is Cc1cccc(C(=O)Cc2ccc(Cl)c(C#Cc3nn(C4CCN(C)CC4)c4ncnc(N)c34)c2)c1. The number of hydrogen-bond donors (Lipinski definition) is 1. The van der Waals surface area contributed by atoms with Gasteiger partial charge in [0.25, 0.3) is 0 Å². The molecule has 2 aromatic heterocycles. The quantitative estimate of drug-likeness (QED) is 0.330. The highest BCUT2D eigenvalue weighted by Gasteiger charge is 2.24. The largest absolute Gasteiger partial charge is 0.383 e. The van der Waals surface area contributed by atoms with Crippen LogP contribution in [-0.2, 0) is 6.42 Å². The second kappa shape index (κ2) is 10.1. The summed E-state index contributed by atoms with van der Waals surface area (Å²) in [5.41, 5.74) is 10.7. The molecule has 1 aliphatic heterocycles. The number of piperidine rings is 1. The third kappa shape index (κ3) is 4.97. The maximum Gasteiger partial charge on any atom is 0.167 e. The summed E-state index contributed by atoms with van der Waals surface area (Å²) in [5.74, 6) is 6.70.